The lowest BCUT2D eigenvalue weighted by molar-refractivity contribution is 0.512. The Labute approximate surface area is 104 Å². The van der Waals surface area contributed by atoms with Crippen LogP contribution in [0.4, 0.5) is 5.69 Å². The Bertz CT molecular complexity index is 439. The average Bonchev–Trinajstić information content (AvgIpc) is 2.74. The Balaban J connectivity index is 1.91. The Morgan fingerprint density at radius 1 is 1.38 bits per heavy atom. The monoisotopic (exact) mass is 279 g/mol. The first-order chi connectivity index (χ1) is 7.75. The SMILES string of the molecule is CC(CNc1ccccc1)n1cc(Br)cn1. The second kappa shape index (κ2) is 5.16. The van der Waals surface area contributed by atoms with Crippen molar-refractivity contribution in [1.29, 1.82) is 0 Å². The first-order valence-corrected chi connectivity index (χ1v) is 6.03. The third kappa shape index (κ3) is 2.85. The number of para-hydroxylation sites is 1. The summed E-state index contributed by atoms with van der Waals surface area (Å²) in [5.74, 6) is 0. The fourth-order valence-electron chi connectivity index (χ4n) is 1.47. The molecule has 84 valence electrons. The highest BCUT2D eigenvalue weighted by Crippen LogP contribution is 2.13. The van der Waals surface area contributed by atoms with Crippen molar-refractivity contribution < 1.29 is 0 Å². The van der Waals surface area contributed by atoms with Crippen molar-refractivity contribution in [2.75, 3.05) is 11.9 Å². The summed E-state index contributed by atoms with van der Waals surface area (Å²) in [5, 5.41) is 7.63. The lowest BCUT2D eigenvalue weighted by Gasteiger charge is -2.13. The van der Waals surface area contributed by atoms with Crippen molar-refractivity contribution in [2.45, 2.75) is 13.0 Å². The normalized spacial score (nSPS) is 12.4. The van der Waals surface area contributed by atoms with Crippen LogP contribution in [0.15, 0.2) is 47.2 Å². The molecular formula is C12H14BrN3. The van der Waals surface area contributed by atoms with Gasteiger partial charge in [0.05, 0.1) is 16.7 Å². The van der Waals surface area contributed by atoms with Gasteiger partial charge in [0.25, 0.3) is 0 Å². The predicted octanol–water partition coefficient (Wildman–Crippen LogP) is 3.32. The van der Waals surface area contributed by atoms with Crippen molar-refractivity contribution in [3.8, 4) is 0 Å². The van der Waals surface area contributed by atoms with E-state index in [0.29, 0.717) is 6.04 Å². The quantitative estimate of drug-likeness (QED) is 0.931. The van der Waals surface area contributed by atoms with Gasteiger partial charge in [0.1, 0.15) is 0 Å². The van der Waals surface area contributed by atoms with Crippen LogP contribution in [-0.2, 0) is 0 Å². The molecule has 0 amide bonds. The summed E-state index contributed by atoms with van der Waals surface area (Å²) in [6.45, 7) is 2.99. The maximum absolute atomic E-state index is 4.26. The number of nitrogens with one attached hydrogen (secondary N) is 1. The van der Waals surface area contributed by atoms with E-state index < -0.39 is 0 Å². The van der Waals surface area contributed by atoms with Crippen LogP contribution in [0, 0.1) is 0 Å². The number of rotatable bonds is 4. The van der Waals surface area contributed by atoms with Crippen molar-refractivity contribution in [1.82, 2.24) is 9.78 Å². The third-order valence-corrected chi connectivity index (χ3v) is 2.81. The van der Waals surface area contributed by atoms with Gasteiger partial charge < -0.3 is 5.32 Å². The van der Waals surface area contributed by atoms with Crippen LogP contribution in [0.5, 0.6) is 0 Å². The van der Waals surface area contributed by atoms with E-state index in [1.54, 1.807) is 6.20 Å². The van der Waals surface area contributed by atoms with Gasteiger partial charge in [-0.05, 0) is 35.0 Å². The maximum atomic E-state index is 4.26. The van der Waals surface area contributed by atoms with Crippen LogP contribution in [0.25, 0.3) is 0 Å². The smallest absolute Gasteiger partial charge is 0.0663 e. The second-order valence-electron chi connectivity index (χ2n) is 3.73. The van der Waals surface area contributed by atoms with Crippen LogP contribution >= 0.6 is 15.9 Å². The van der Waals surface area contributed by atoms with Crippen LogP contribution in [0.2, 0.25) is 0 Å². The summed E-state index contributed by atoms with van der Waals surface area (Å²) in [6.07, 6.45) is 3.79. The van der Waals surface area contributed by atoms with Gasteiger partial charge in [-0.15, -0.1) is 0 Å². The molecule has 1 heterocycles. The van der Waals surface area contributed by atoms with Crippen molar-refractivity contribution in [2.24, 2.45) is 0 Å². The van der Waals surface area contributed by atoms with Gasteiger partial charge in [-0.1, -0.05) is 18.2 Å². The first-order valence-electron chi connectivity index (χ1n) is 5.24. The lowest BCUT2D eigenvalue weighted by Crippen LogP contribution is -2.16. The summed E-state index contributed by atoms with van der Waals surface area (Å²) in [5.41, 5.74) is 1.14. The molecular weight excluding hydrogens is 266 g/mol. The summed E-state index contributed by atoms with van der Waals surface area (Å²) in [6, 6.07) is 10.5. The number of hydrogen-bond donors (Lipinski definition) is 1. The standard InChI is InChI=1S/C12H14BrN3/c1-10(16-9-11(13)8-15-16)7-14-12-5-3-2-4-6-12/h2-6,8-10,14H,7H2,1H3. The molecule has 1 aromatic carbocycles. The molecule has 1 atom stereocenters. The van der Waals surface area contributed by atoms with Crippen molar-refractivity contribution in [3.05, 3.63) is 47.2 Å². The summed E-state index contributed by atoms with van der Waals surface area (Å²) >= 11 is 3.39. The zero-order valence-electron chi connectivity index (χ0n) is 9.10. The molecule has 2 aromatic rings. The molecule has 0 bridgehead atoms. The van der Waals surface area contributed by atoms with Crippen LogP contribution in [0.3, 0.4) is 0 Å². The van der Waals surface area contributed by atoms with E-state index in [1.165, 1.54) is 0 Å². The van der Waals surface area contributed by atoms with E-state index in [0.717, 1.165) is 16.7 Å². The minimum Gasteiger partial charge on any atom is -0.383 e. The number of benzene rings is 1. The summed E-state index contributed by atoms with van der Waals surface area (Å²) < 4.78 is 2.96. The molecule has 4 heteroatoms. The lowest BCUT2D eigenvalue weighted by atomic mass is 10.3. The summed E-state index contributed by atoms with van der Waals surface area (Å²) in [7, 11) is 0. The van der Waals surface area contributed by atoms with Gasteiger partial charge in [-0.2, -0.15) is 5.10 Å². The van der Waals surface area contributed by atoms with Crippen LogP contribution < -0.4 is 5.32 Å². The Morgan fingerprint density at radius 3 is 2.75 bits per heavy atom. The van der Waals surface area contributed by atoms with Gasteiger partial charge >= 0.3 is 0 Å². The molecule has 1 aromatic heterocycles. The predicted molar refractivity (Wildman–Crippen MR) is 69.6 cm³/mol. The number of nitrogens with zero attached hydrogens (tertiary/aromatic N) is 2. The van der Waals surface area contributed by atoms with Gasteiger partial charge in [-0.25, -0.2) is 0 Å². The fourth-order valence-corrected chi connectivity index (χ4v) is 1.77. The highest BCUT2D eigenvalue weighted by Gasteiger charge is 2.05. The van der Waals surface area contributed by atoms with Gasteiger partial charge in [0, 0.05) is 18.4 Å². The Morgan fingerprint density at radius 2 is 2.12 bits per heavy atom. The number of aromatic nitrogens is 2. The fraction of sp³-hybridized carbons (Fsp3) is 0.250. The van der Waals surface area contributed by atoms with Crippen molar-refractivity contribution in [3.63, 3.8) is 0 Å². The molecule has 0 saturated carbocycles. The van der Waals surface area contributed by atoms with E-state index in [9.17, 15) is 0 Å². The van der Waals surface area contributed by atoms with E-state index in [4.69, 9.17) is 0 Å². The molecule has 16 heavy (non-hydrogen) atoms. The van der Waals surface area contributed by atoms with Gasteiger partial charge in [0.15, 0.2) is 0 Å². The number of hydrogen-bond acceptors (Lipinski definition) is 2. The van der Waals surface area contributed by atoms with E-state index >= 15 is 0 Å². The molecule has 0 spiro atoms. The minimum atomic E-state index is 0.325. The molecule has 0 aliphatic heterocycles. The zero-order valence-corrected chi connectivity index (χ0v) is 10.7. The highest BCUT2D eigenvalue weighted by molar-refractivity contribution is 9.10. The first kappa shape index (κ1) is 11.2. The minimum absolute atomic E-state index is 0.325. The molecule has 0 fully saturated rings. The van der Waals surface area contributed by atoms with E-state index in [-0.39, 0.29) is 0 Å². The number of halogens is 1. The molecule has 0 saturated heterocycles. The van der Waals surface area contributed by atoms with Crippen molar-refractivity contribution >= 4 is 21.6 Å². The second-order valence-corrected chi connectivity index (χ2v) is 4.65. The van der Waals surface area contributed by atoms with E-state index in [1.807, 2.05) is 29.1 Å². The van der Waals surface area contributed by atoms with Crippen LogP contribution in [0.1, 0.15) is 13.0 Å². The summed E-state index contributed by atoms with van der Waals surface area (Å²) in [4.78, 5) is 0. The molecule has 3 nitrogen and oxygen atoms in total. The highest BCUT2D eigenvalue weighted by atomic mass is 79.9. The molecule has 0 aliphatic rings. The van der Waals surface area contributed by atoms with E-state index in [2.05, 4.69) is 45.4 Å². The molecule has 0 radical (unpaired) electrons. The molecule has 2 rings (SSSR count). The third-order valence-electron chi connectivity index (χ3n) is 2.40. The Kier molecular flexibility index (Phi) is 3.62. The largest absolute Gasteiger partial charge is 0.383 e. The zero-order chi connectivity index (χ0) is 11.4. The van der Waals surface area contributed by atoms with Crippen LogP contribution in [-0.4, -0.2) is 16.3 Å². The van der Waals surface area contributed by atoms with Gasteiger partial charge in [0.2, 0.25) is 0 Å². The maximum Gasteiger partial charge on any atom is 0.0663 e. The average molecular weight is 280 g/mol. The number of anilines is 1. The topological polar surface area (TPSA) is 29.9 Å². The van der Waals surface area contributed by atoms with Gasteiger partial charge in [-0.3, -0.25) is 4.68 Å². The Hall–Kier alpha value is -1.29. The molecule has 0 aliphatic carbocycles. The molecule has 1 unspecified atom stereocenters. The molecule has 1 N–H and O–H groups in total.